The average Bonchev–Trinajstić information content (AvgIpc) is 3.16. The lowest BCUT2D eigenvalue weighted by Crippen LogP contribution is -2.33. The maximum absolute atomic E-state index is 5.19. The lowest BCUT2D eigenvalue weighted by Gasteiger charge is -2.26. The Labute approximate surface area is 164 Å². The number of aromatic nitrogens is 4. The second-order valence-electron chi connectivity index (χ2n) is 6.69. The third kappa shape index (κ3) is 4.55. The number of hydrogen-bond acceptors (Lipinski definition) is 6. The molecule has 0 unspecified atom stereocenters. The molecule has 1 aromatic carbocycles. The Hall–Kier alpha value is -3.19. The van der Waals surface area contributed by atoms with Crippen molar-refractivity contribution in [2.24, 2.45) is 0 Å². The Morgan fingerprint density at radius 1 is 1.14 bits per heavy atom. The average molecular weight is 376 g/mol. The number of methoxy groups -OCH3 is 1. The summed E-state index contributed by atoms with van der Waals surface area (Å²) in [4.78, 5) is 10.8. The van der Waals surface area contributed by atoms with Gasteiger partial charge in [-0.15, -0.1) is 0 Å². The van der Waals surface area contributed by atoms with Crippen molar-refractivity contribution in [1.29, 1.82) is 0 Å². The zero-order chi connectivity index (χ0) is 19.2. The third-order valence-electron chi connectivity index (χ3n) is 4.71. The zero-order valence-corrected chi connectivity index (χ0v) is 16.0. The van der Waals surface area contributed by atoms with E-state index in [2.05, 4.69) is 60.3 Å². The van der Waals surface area contributed by atoms with Gasteiger partial charge in [-0.2, -0.15) is 5.10 Å². The molecule has 1 aliphatic rings. The van der Waals surface area contributed by atoms with Gasteiger partial charge in [-0.05, 0) is 29.8 Å². The summed E-state index contributed by atoms with van der Waals surface area (Å²) < 4.78 is 7.30. The first-order valence-corrected chi connectivity index (χ1v) is 9.39. The maximum atomic E-state index is 5.19. The van der Waals surface area contributed by atoms with Gasteiger partial charge in [0.2, 0.25) is 5.95 Å². The molecular formula is C21H24N6O. The first kappa shape index (κ1) is 18.2. The zero-order valence-electron chi connectivity index (χ0n) is 16.0. The first-order chi connectivity index (χ1) is 13.8. The van der Waals surface area contributed by atoms with Gasteiger partial charge >= 0.3 is 0 Å². The predicted octanol–water partition coefficient (Wildman–Crippen LogP) is 2.82. The number of nitrogens with zero attached hydrogens (tertiary/aromatic N) is 5. The molecule has 0 radical (unpaired) electrons. The normalized spacial score (nSPS) is 14.2. The van der Waals surface area contributed by atoms with Crippen molar-refractivity contribution in [2.75, 3.05) is 25.5 Å². The lowest BCUT2D eigenvalue weighted by molar-refractivity contribution is 0.235. The van der Waals surface area contributed by atoms with Crippen LogP contribution in [0.5, 0.6) is 5.75 Å². The Balaban J connectivity index is 1.30. The minimum absolute atomic E-state index is 0.624. The molecule has 0 atom stereocenters. The highest BCUT2D eigenvalue weighted by Gasteiger charge is 2.17. The van der Waals surface area contributed by atoms with Gasteiger partial charge in [0.05, 0.1) is 31.6 Å². The second-order valence-corrected chi connectivity index (χ2v) is 6.69. The number of ether oxygens (including phenoxy) is 1. The van der Waals surface area contributed by atoms with Gasteiger partial charge in [0.1, 0.15) is 5.75 Å². The van der Waals surface area contributed by atoms with Crippen molar-refractivity contribution in [3.8, 4) is 5.75 Å². The monoisotopic (exact) mass is 376 g/mol. The number of anilines is 1. The van der Waals surface area contributed by atoms with Crippen LogP contribution < -0.4 is 10.1 Å². The van der Waals surface area contributed by atoms with Crippen molar-refractivity contribution < 1.29 is 4.74 Å². The van der Waals surface area contributed by atoms with Crippen molar-refractivity contribution in [2.45, 2.75) is 19.6 Å². The molecular weight excluding hydrogens is 352 g/mol. The van der Waals surface area contributed by atoms with Crippen LogP contribution in [0.25, 0.3) is 6.08 Å². The van der Waals surface area contributed by atoms with E-state index < -0.39 is 0 Å². The molecule has 3 heterocycles. The van der Waals surface area contributed by atoms with E-state index in [-0.39, 0.29) is 0 Å². The van der Waals surface area contributed by atoms with Gasteiger partial charge in [-0.3, -0.25) is 9.58 Å². The summed E-state index contributed by atoms with van der Waals surface area (Å²) in [6, 6.07) is 12.1. The molecule has 0 spiro atoms. The van der Waals surface area contributed by atoms with E-state index in [1.165, 1.54) is 11.3 Å². The molecule has 0 aliphatic carbocycles. The summed E-state index contributed by atoms with van der Waals surface area (Å²) in [6.45, 7) is 4.36. The Bertz CT molecular complexity index is 920. The topological polar surface area (TPSA) is 68.1 Å². The Kier molecular flexibility index (Phi) is 5.63. The highest BCUT2D eigenvalue weighted by atomic mass is 16.5. The summed E-state index contributed by atoms with van der Waals surface area (Å²) in [7, 11) is 1.68. The number of fused-ring (bicyclic) bond motifs is 1. The van der Waals surface area contributed by atoms with Crippen LogP contribution in [0.2, 0.25) is 0 Å². The molecule has 0 saturated carbocycles. The second kappa shape index (κ2) is 8.67. The molecule has 3 aromatic rings. The maximum Gasteiger partial charge on any atom is 0.222 e. The molecule has 0 saturated heterocycles. The largest absolute Gasteiger partial charge is 0.497 e. The van der Waals surface area contributed by atoms with Gasteiger partial charge in [-0.25, -0.2) is 9.97 Å². The van der Waals surface area contributed by atoms with Crippen LogP contribution in [0.15, 0.2) is 54.9 Å². The van der Waals surface area contributed by atoms with Crippen LogP contribution >= 0.6 is 0 Å². The van der Waals surface area contributed by atoms with E-state index in [0.29, 0.717) is 12.5 Å². The van der Waals surface area contributed by atoms with Crippen LogP contribution in [-0.2, 0) is 19.6 Å². The van der Waals surface area contributed by atoms with Crippen LogP contribution in [0, 0.1) is 0 Å². The Morgan fingerprint density at radius 2 is 1.96 bits per heavy atom. The van der Waals surface area contributed by atoms with Crippen molar-refractivity contribution in [3.05, 3.63) is 71.8 Å². The van der Waals surface area contributed by atoms with Crippen molar-refractivity contribution >= 4 is 12.0 Å². The van der Waals surface area contributed by atoms with Crippen LogP contribution in [0.3, 0.4) is 0 Å². The molecule has 2 aromatic heterocycles. The number of rotatable bonds is 7. The van der Waals surface area contributed by atoms with Gasteiger partial charge in [0.25, 0.3) is 0 Å². The molecule has 0 amide bonds. The molecule has 7 heteroatoms. The number of hydrogen-bond donors (Lipinski definition) is 1. The van der Waals surface area contributed by atoms with E-state index in [1.807, 2.05) is 12.1 Å². The molecule has 144 valence electrons. The molecule has 28 heavy (non-hydrogen) atoms. The van der Waals surface area contributed by atoms with Gasteiger partial charge < -0.3 is 10.1 Å². The minimum atomic E-state index is 0.624. The minimum Gasteiger partial charge on any atom is -0.497 e. The summed E-state index contributed by atoms with van der Waals surface area (Å²) in [5.74, 6) is 1.50. The smallest absolute Gasteiger partial charge is 0.222 e. The summed E-state index contributed by atoms with van der Waals surface area (Å²) in [5, 5.41) is 7.90. The summed E-state index contributed by atoms with van der Waals surface area (Å²) in [6.07, 6.45) is 7.82. The van der Waals surface area contributed by atoms with Gasteiger partial charge in [-0.1, -0.05) is 24.3 Å². The Morgan fingerprint density at radius 3 is 2.75 bits per heavy atom. The fourth-order valence-corrected chi connectivity index (χ4v) is 3.24. The van der Waals surface area contributed by atoms with Crippen molar-refractivity contribution in [1.82, 2.24) is 24.6 Å². The van der Waals surface area contributed by atoms with Crippen LogP contribution in [0.4, 0.5) is 5.95 Å². The van der Waals surface area contributed by atoms with Crippen LogP contribution in [0.1, 0.15) is 17.0 Å². The molecule has 0 bridgehead atoms. The molecule has 4 rings (SSSR count). The fourth-order valence-electron chi connectivity index (χ4n) is 3.24. The van der Waals surface area contributed by atoms with Crippen molar-refractivity contribution in [3.63, 3.8) is 0 Å². The van der Waals surface area contributed by atoms with E-state index in [1.54, 1.807) is 25.6 Å². The van der Waals surface area contributed by atoms with Gasteiger partial charge in [0.15, 0.2) is 0 Å². The summed E-state index contributed by atoms with van der Waals surface area (Å²) >= 11 is 0. The lowest BCUT2D eigenvalue weighted by atomic mass is 10.2. The van der Waals surface area contributed by atoms with E-state index in [9.17, 15) is 0 Å². The molecule has 1 aliphatic heterocycles. The molecule has 1 N–H and O–H groups in total. The quantitative estimate of drug-likeness (QED) is 0.684. The predicted molar refractivity (Wildman–Crippen MR) is 109 cm³/mol. The molecule has 0 fully saturated rings. The highest BCUT2D eigenvalue weighted by Crippen LogP contribution is 2.15. The van der Waals surface area contributed by atoms with E-state index >= 15 is 0 Å². The van der Waals surface area contributed by atoms with Gasteiger partial charge in [0, 0.05) is 32.0 Å². The number of nitrogens with one attached hydrogen (secondary N) is 1. The summed E-state index contributed by atoms with van der Waals surface area (Å²) in [5.41, 5.74) is 3.44. The number of benzene rings is 1. The van der Waals surface area contributed by atoms with E-state index in [0.717, 1.165) is 37.6 Å². The highest BCUT2D eigenvalue weighted by molar-refractivity contribution is 5.50. The standard InChI is InChI=1S/C21H24N6O/c1-28-20-7-5-17(6-8-20)4-2-11-26-12-13-27-19(16-26)14-18(25-27)15-24-21-22-9-3-10-23-21/h2-10,14H,11-13,15-16H2,1H3,(H,22,23,24). The van der Waals surface area contributed by atoms with Crippen LogP contribution in [-0.4, -0.2) is 44.8 Å². The fraction of sp³-hybridized carbons (Fsp3) is 0.286. The third-order valence-corrected chi connectivity index (χ3v) is 4.71. The molecule has 7 nitrogen and oxygen atoms in total. The SMILES string of the molecule is COc1ccc(C=CCN2CCn3nc(CNc4ncccn4)cc3C2)cc1. The van der Waals surface area contributed by atoms with E-state index in [4.69, 9.17) is 4.74 Å². The first-order valence-electron chi connectivity index (χ1n) is 9.39.